The Kier molecular flexibility index (Phi) is 4.06. The number of primary sulfonamides is 1. The summed E-state index contributed by atoms with van der Waals surface area (Å²) in [6.45, 7) is 1.26. The van der Waals surface area contributed by atoms with Crippen LogP contribution in [0.15, 0.2) is 17.0 Å². The number of halogens is 2. The van der Waals surface area contributed by atoms with Crippen LogP contribution in [0.5, 0.6) is 0 Å². The quantitative estimate of drug-likeness (QED) is 0.902. The van der Waals surface area contributed by atoms with Gasteiger partial charge in [0.25, 0.3) is 5.91 Å². The maximum Gasteiger partial charge on any atom is 0.255 e. The lowest BCUT2D eigenvalue weighted by Crippen LogP contribution is -2.28. The van der Waals surface area contributed by atoms with Crippen LogP contribution >= 0.6 is 23.2 Å². The van der Waals surface area contributed by atoms with Crippen LogP contribution in [0.4, 0.5) is 0 Å². The van der Waals surface area contributed by atoms with E-state index in [0.717, 1.165) is 18.9 Å². The van der Waals surface area contributed by atoms with Crippen molar-refractivity contribution in [1.82, 2.24) is 4.90 Å². The fraction of sp³-hybridized carbons (Fsp3) is 0.364. The zero-order valence-corrected chi connectivity index (χ0v) is 12.2. The first-order valence-electron chi connectivity index (χ1n) is 5.62. The van der Waals surface area contributed by atoms with Gasteiger partial charge in [-0.3, -0.25) is 4.79 Å². The third kappa shape index (κ3) is 3.02. The number of hydrogen-bond acceptors (Lipinski definition) is 3. The topological polar surface area (TPSA) is 80.5 Å². The Morgan fingerprint density at radius 3 is 2.32 bits per heavy atom. The predicted octanol–water partition coefficient (Wildman–Crippen LogP) is 1.88. The van der Waals surface area contributed by atoms with E-state index in [1.807, 2.05) is 0 Å². The molecule has 2 rings (SSSR count). The lowest BCUT2D eigenvalue weighted by atomic mass is 10.2. The van der Waals surface area contributed by atoms with E-state index in [9.17, 15) is 13.2 Å². The Balaban J connectivity index is 2.52. The van der Waals surface area contributed by atoms with Crippen molar-refractivity contribution in [2.24, 2.45) is 5.14 Å². The lowest BCUT2D eigenvalue weighted by Gasteiger charge is -2.17. The van der Waals surface area contributed by atoms with Crippen molar-refractivity contribution in [2.45, 2.75) is 17.7 Å². The first-order chi connectivity index (χ1) is 8.80. The molecule has 5 nitrogen and oxygen atoms in total. The SMILES string of the molecule is NS(=O)(=O)c1cc(Cl)cc(C(=O)N2CCCC2)c1Cl. The molecule has 0 aromatic heterocycles. The van der Waals surface area contributed by atoms with Crippen molar-refractivity contribution < 1.29 is 13.2 Å². The van der Waals surface area contributed by atoms with Crippen LogP contribution in [0, 0.1) is 0 Å². The third-order valence-electron chi connectivity index (χ3n) is 2.93. The Bertz CT molecular complexity index is 625. The second-order valence-corrected chi connectivity index (χ2v) is 6.65. The summed E-state index contributed by atoms with van der Waals surface area (Å²) in [6.07, 6.45) is 1.85. The molecule has 0 atom stereocenters. The molecule has 1 aromatic rings. The van der Waals surface area contributed by atoms with Crippen molar-refractivity contribution in [1.29, 1.82) is 0 Å². The monoisotopic (exact) mass is 322 g/mol. The molecule has 1 saturated heterocycles. The van der Waals surface area contributed by atoms with Crippen LogP contribution in [-0.2, 0) is 10.0 Å². The number of nitrogens with zero attached hydrogens (tertiary/aromatic N) is 1. The minimum atomic E-state index is -4.02. The number of nitrogens with two attached hydrogens (primary N) is 1. The molecule has 0 unspecified atom stereocenters. The molecule has 19 heavy (non-hydrogen) atoms. The molecule has 0 spiro atoms. The number of sulfonamides is 1. The number of hydrogen-bond donors (Lipinski definition) is 1. The van der Waals surface area contributed by atoms with Gasteiger partial charge in [-0.15, -0.1) is 0 Å². The van der Waals surface area contributed by atoms with Crippen LogP contribution in [-0.4, -0.2) is 32.3 Å². The normalized spacial score (nSPS) is 15.8. The molecule has 0 saturated carbocycles. The van der Waals surface area contributed by atoms with Gasteiger partial charge in [0.05, 0.1) is 10.6 Å². The van der Waals surface area contributed by atoms with Gasteiger partial charge in [-0.05, 0) is 25.0 Å². The molecule has 2 N–H and O–H groups in total. The second kappa shape index (κ2) is 5.28. The fourth-order valence-electron chi connectivity index (χ4n) is 2.02. The highest BCUT2D eigenvalue weighted by molar-refractivity contribution is 7.89. The highest BCUT2D eigenvalue weighted by Crippen LogP contribution is 2.30. The van der Waals surface area contributed by atoms with Crippen LogP contribution in [0.3, 0.4) is 0 Å². The Morgan fingerprint density at radius 1 is 1.21 bits per heavy atom. The number of likely N-dealkylation sites (tertiary alicyclic amines) is 1. The maximum absolute atomic E-state index is 12.2. The van der Waals surface area contributed by atoms with Gasteiger partial charge < -0.3 is 4.90 Å². The van der Waals surface area contributed by atoms with Gasteiger partial charge >= 0.3 is 0 Å². The minimum Gasteiger partial charge on any atom is -0.339 e. The zero-order chi connectivity index (χ0) is 14.2. The number of rotatable bonds is 2. The van der Waals surface area contributed by atoms with Gasteiger partial charge in [0.15, 0.2) is 0 Å². The van der Waals surface area contributed by atoms with Crippen LogP contribution < -0.4 is 5.14 Å². The van der Waals surface area contributed by atoms with Crippen LogP contribution in [0.2, 0.25) is 10.0 Å². The van der Waals surface area contributed by atoms with Gasteiger partial charge in [-0.2, -0.15) is 0 Å². The summed E-state index contributed by atoms with van der Waals surface area (Å²) in [4.78, 5) is 13.5. The fourth-order valence-corrected chi connectivity index (χ4v) is 3.46. The summed E-state index contributed by atoms with van der Waals surface area (Å²) in [5, 5.41) is 4.98. The Hall–Kier alpha value is -0.820. The van der Waals surface area contributed by atoms with E-state index in [2.05, 4.69) is 0 Å². The van der Waals surface area contributed by atoms with Gasteiger partial charge in [0, 0.05) is 18.1 Å². The molecule has 104 valence electrons. The summed E-state index contributed by atoms with van der Waals surface area (Å²) >= 11 is 11.8. The van der Waals surface area contributed by atoms with Crippen molar-refractivity contribution in [3.05, 3.63) is 27.7 Å². The first-order valence-corrected chi connectivity index (χ1v) is 7.92. The second-order valence-electron chi connectivity index (χ2n) is 4.31. The Morgan fingerprint density at radius 2 is 1.79 bits per heavy atom. The van der Waals surface area contributed by atoms with E-state index in [-0.39, 0.29) is 26.4 Å². The van der Waals surface area contributed by atoms with Gasteiger partial charge in [-0.1, -0.05) is 23.2 Å². The highest BCUT2D eigenvalue weighted by atomic mass is 35.5. The van der Waals surface area contributed by atoms with Crippen molar-refractivity contribution >= 4 is 39.1 Å². The van der Waals surface area contributed by atoms with Crippen LogP contribution in [0.1, 0.15) is 23.2 Å². The molecular weight excluding hydrogens is 311 g/mol. The van der Waals surface area contributed by atoms with E-state index >= 15 is 0 Å². The average molecular weight is 323 g/mol. The molecule has 1 heterocycles. The average Bonchev–Trinajstić information content (AvgIpc) is 2.83. The molecule has 1 amide bonds. The highest BCUT2D eigenvalue weighted by Gasteiger charge is 2.25. The van der Waals surface area contributed by atoms with E-state index in [0.29, 0.717) is 13.1 Å². The number of benzene rings is 1. The summed E-state index contributed by atoms with van der Waals surface area (Å²) in [5.41, 5.74) is 0.0695. The molecule has 1 aliphatic heterocycles. The van der Waals surface area contributed by atoms with Gasteiger partial charge in [0.2, 0.25) is 10.0 Å². The summed E-state index contributed by atoms with van der Waals surface area (Å²) < 4.78 is 22.8. The predicted molar refractivity (Wildman–Crippen MR) is 73.0 cm³/mol. The van der Waals surface area contributed by atoms with E-state index in [1.54, 1.807) is 4.90 Å². The van der Waals surface area contributed by atoms with E-state index < -0.39 is 10.0 Å². The molecule has 1 fully saturated rings. The summed E-state index contributed by atoms with van der Waals surface area (Å²) in [5.74, 6) is -0.324. The molecule has 1 aliphatic rings. The van der Waals surface area contributed by atoms with Crippen molar-refractivity contribution in [3.8, 4) is 0 Å². The molecule has 8 heteroatoms. The Labute approximate surface area is 121 Å². The van der Waals surface area contributed by atoms with Crippen molar-refractivity contribution in [3.63, 3.8) is 0 Å². The summed E-state index contributed by atoms with van der Waals surface area (Å²) in [6, 6.07) is 2.50. The largest absolute Gasteiger partial charge is 0.339 e. The first kappa shape index (κ1) is 14.6. The van der Waals surface area contributed by atoms with Gasteiger partial charge in [0.1, 0.15) is 4.90 Å². The number of carbonyl (C=O) groups excluding carboxylic acids is 1. The van der Waals surface area contributed by atoms with E-state index in [1.165, 1.54) is 6.07 Å². The molecular formula is C11H12Cl2N2O3S. The minimum absolute atomic E-state index is 0.0695. The molecule has 1 aromatic carbocycles. The molecule has 0 bridgehead atoms. The maximum atomic E-state index is 12.2. The van der Waals surface area contributed by atoms with Gasteiger partial charge in [-0.25, -0.2) is 13.6 Å². The van der Waals surface area contributed by atoms with Crippen LogP contribution in [0.25, 0.3) is 0 Å². The third-order valence-corrected chi connectivity index (χ3v) is 4.61. The zero-order valence-electron chi connectivity index (χ0n) is 9.90. The lowest BCUT2D eigenvalue weighted by molar-refractivity contribution is 0.0793. The molecule has 0 aliphatic carbocycles. The smallest absolute Gasteiger partial charge is 0.255 e. The summed E-state index contributed by atoms with van der Waals surface area (Å²) in [7, 11) is -4.02. The number of amides is 1. The van der Waals surface area contributed by atoms with Crippen molar-refractivity contribution in [2.75, 3.05) is 13.1 Å². The molecule has 0 radical (unpaired) electrons. The number of carbonyl (C=O) groups is 1. The standard InChI is InChI=1S/C11H12Cl2N2O3S/c12-7-5-8(11(16)15-3-1-2-4-15)10(13)9(6-7)19(14,17)18/h5-6H,1-4H2,(H2,14,17,18). The van der Waals surface area contributed by atoms with E-state index in [4.69, 9.17) is 28.3 Å².